The summed E-state index contributed by atoms with van der Waals surface area (Å²) >= 11 is 0. The maximum absolute atomic E-state index is 13.9. The zero-order valence-corrected chi connectivity index (χ0v) is 21.9. The van der Waals surface area contributed by atoms with Crippen LogP contribution in [-0.4, -0.2) is 69.4 Å². The SMILES string of the molecule is CN(C)CCN(c1ccc(N=C(c2ccc3c(c2)OCO3)c2c(O)[nH]c3cc(F)ccc23)cc1)S(C)(=O)=O. The number of hydrogen-bond donors (Lipinski definition) is 2. The number of aromatic hydroxyl groups is 1. The average Bonchev–Trinajstić information content (AvgIpc) is 3.45. The molecule has 11 heteroatoms. The molecule has 9 nitrogen and oxygen atoms in total. The van der Waals surface area contributed by atoms with Crippen molar-refractivity contribution in [3.05, 3.63) is 77.6 Å². The summed E-state index contributed by atoms with van der Waals surface area (Å²) in [5.74, 6) is 0.541. The number of aromatic amines is 1. The molecule has 1 aromatic heterocycles. The van der Waals surface area contributed by atoms with Crippen LogP contribution < -0.4 is 13.8 Å². The summed E-state index contributed by atoms with van der Waals surface area (Å²) in [5.41, 5.74) is 2.92. The number of H-pyrrole nitrogens is 1. The van der Waals surface area contributed by atoms with Crippen LogP contribution in [0.1, 0.15) is 11.1 Å². The molecule has 1 aliphatic rings. The summed E-state index contributed by atoms with van der Waals surface area (Å²) in [5, 5.41) is 11.4. The smallest absolute Gasteiger partial charge is 0.232 e. The number of likely N-dealkylation sites (N-methyl/N-ethyl adjacent to an activating group) is 1. The predicted octanol–water partition coefficient (Wildman–Crippen LogP) is 4.24. The Bertz CT molecular complexity index is 1630. The minimum absolute atomic E-state index is 0.106. The monoisotopic (exact) mass is 538 g/mol. The molecule has 2 heterocycles. The Morgan fingerprint density at radius 1 is 1.03 bits per heavy atom. The predicted molar refractivity (Wildman–Crippen MR) is 145 cm³/mol. The van der Waals surface area contributed by atoms with E-state index >= 15 is 0 Å². The number of fused-ring (bicyclic) bond motifs is 2. The molecule has 0 amide bonds. The zero-order valence-electron chi connectivity index (χ0n) is 21.1. The summed E-state index contributed by atoms with van der Waals surface area (Å²) in [4.78, 5) is 9.57. The van der Waals surface area contributed by atoms with E-state index in [9.17, 15) is 17.9 Å². The number of halogens is 1. The lowest BCUT2D eigenvalue weighted by Crippen LogP contribution is -2.35. The third kappa shape index (κ3) is 5.15. The van der Waals surface area contributed by atoms with Gasteiger partial charge in [0.2, 0.25) is 16.8 Å². The topological polar surface area (TPSA) is 107 Å². The Hall–Kier alpha value is -4.09. The summed E-state index contributed by atoms with van der Waals surface area (Å²) < 4.78 is 51.0. The number of rotatable bonds is 8. The van der Waals surface area contributed by atoms with E-state index in [1.807, 2.05) is 19.0 Å². The van der Waals surface area contributed by atoms with Crippen LogP contribution in [0.2, 0.25) is 0 Å². The number of aromatic nitrogens is 1. The van der Waals surface area contributed by atoms with Crippen molar-refractivity contribution >= 4 is 38.0 Å². The molecule has 4 aromatic rings. The Morgan fingerprint density at radius 3 is 2.47 bits per heavy atom. The molecule has 0 saturated carbocycles. The van der Waals surface area contributed by atoms with Gasteiger partial charge < -0.3 is 24.5 Å². The molecule has 0 saturated heterocycles. The van der Waals surface area contributed by atoms with Gasteiger partial charge in [0.15, 0.2) is 17.4 Å². The van der Waals surface area contributed by atoms with Gasteiger partial charge in [0.1, 0.15) is 5.82 Å². The lowest BCUT2D eigenvalue weighted by Gasteiger charge is -2.24. The molecule has 5 rings (SSSR count). The molecular formula is C27H27FN4O5S. The molecule has 0 unspecified atom stereocenters. The van der Waals surface area contributed by atoms with E-state index in [2.05, 4.69) is 4.98 Å². The third-order valence-corrected chi connectivity index (χ3v) is 7.35. The molecule has 38 heavy (non-hydrogen) atoms. The molecule has 0 spiro atoms. The summed E-state index contributed by atoms with van der Waals surface area (Å²) in [6.45, 7) is 0.966. The minimum Gasteiger partial charge on any atom is -0.494 e. The molecule has 0 fully saturated rings. The van der Waals surface area contributed by atoms with Crippen LogP contribution in [0.15, 0.2) is 65.7 Å². The summed E-state index contributed by atoms with van der Waals surface area (Å²) in [6, 6.07) is 16.3. The highest BCUT2D eigenvalue weighted by Crippen LogP contribution is 2.37. The summed E-state index contributed by atoms with van der Waals surface area (Å²) in [7, 11) is 0.269. The van der Waals surface area contributed by atoms with Crippen molar-refractivity contribution in [1.82, 2.24) is 9.88 Å². The Balaban J connectivity index is 1.61. The van der Waals surface area contributed by atoms with Gasteiger partial charge in [-0.2, -0.15) is 0 Å². The highest BCUT2D eigenvalue weighted by molar-refractivity contribution is 7.92. The van der Waals surface area contributed by atoms with Crippen LogP contribution in [0.5, 0.6) is 17.4 Å². The first-order valence-corrected chi connectivity index (χ1v) is 13.7. The van der Waals surface area contributed by atoms with E-state index in [4.69, 9.17) is 14.5 Å². The number of aliphatic imine (C=N–C) groups is 1. The zero-order chi connectivity index (χ0) is 27.0. The van der Waals surface area contributed by atoms with Crippen LogP contribution in [-0.2, 0) is 10.0 Å². The Labute approximate surface area is 219 Å². The molecular weight excluding hydrogens is 511 g/mol. The maximum atomic E-state index is 13.9. The summed E-state index contributed by atoms with van der Waals surface area (Å²) in [6.07, 6.45) is 1.18. The highest BCUT2D eigenvalue weighted by Gasteiger charge is 2.22. The van der Waals surface area contributed by atoms with Crippen molar-refractivity contribution in [2.75, 3.05) is 44.5 Å². The van der Waals surface area contributed by atoms with Crippen LogP contribution in [0.25, 0.3) is 10.9 Å². The highest BCUT2D eigenvalue weighted by atomic mass is 32.2. The van der Waals surface area contributed by atoms with Gasteiger partial charge >= 0.3 is 0 Å². The van der Waals surface area contributed by atoms with Gasteiger partial charge in [-0.1, -0.05) is 0 Å². The van der Waals surface area contributed by atoms with Crippen LogP contribution in [0.4, 0.5) is 15.8 Å². The molecule has 198 valence electrons. The molecule has 0 atom stereocenters. The van der Waals surface area contributed by atoms with Gasteiger partial charge in [0, 0.05) is 24.0 Å². The van der Waals surface area contributed by atoms with E-state index in [0.29, 0.717) is 63.7 Å². The second-order valence-electron chi connectivity index (χ2n) is 9.22. The molecule has 3 aromatic carbocycles. The van der Waals surface area contributed by atoms with Gasteiger partial charge in [-0.3, -0.25) is 4.31 Å². The van der Waals surface area contributed by atoms with E-state index < -0.39 is 15.8 Å². The van der Waals surface area contributed by atoms with Crippen molar-refractivity contribution in [1.29, 1.82) is 0 Å². The largest absolute Gasteiger partial charge is 0.494 e. The number of anilines is 1. The normalized spacial score (nSPS) is 13.4. The number of benzene rings is 3. The van der Waals surface area contributed by atoms with E-state index in [-0.39, 0.29) is 12.7 Å². The first-order chi connectivity index (χ1) is 18.1. The first kappa shape index (κ1) is 25.6. The number of nitrogens with zero attached hydrogens (tertiary/aromatic N) is 3. The number of hydrogen-bond acceptors (Lipinski definition) is 7. The molecule has 2 N–H and O–H groups in total. The Morgan fingerprint density at radius 2 is 1.76 bits per heavy atom. The fourth-order valence-electron chi connectivity index (χ4n) is 4.30. The third-order valence-electron chi connectivity index (χ3n) is 6.15. The minimum atomic E-state index is -3.49. The quantitative estimate of drug-likeness (QED) is 0.325. The molecule has 0 radical (unpaired) electrons. The van der Waals surface area contributed by atoms with Gasteiger partial charge in [-0.15, -0.1) is 0 Å². The van der Waals surface area contributed by atoms with Gasteiger partial charge in [0.05, 0.1) is 34.4 Å². The second-order valence-corrected chi connectivity index (χ2v) is 11.1. The van der Waals surface area contributed by atoms with Gasteiger partial charge in [-0.25, -0.2) is 17.8 Å². The fourth-order valence-corrected chi connectivity index (χ4v) is 5.22. The first-order valence-electron chi connectivity index (χ1n) is 11.8. The van der Waals surface area contributed by atoms with Gasteiger partial charge in [0.25, 0.3) is 0 Å². The standard InChI is InChI=1S/C27H27FN4O5S/c1-31(2)12-13-32(38(3,34)35)20-8-6-19(7-9-20)29-26(17-4-11-23-24(14-17)37-16-36-23)25-21-10-5-18(28)15-22(21)30-27(25)33/h4-11,14-15,30,33H,12-13,16H2,1-3H3. The Kier molecular flexibility index (Phi) is 6.72. The van der Waals surface area contributed by atoms with Crippen molar-refractivity contribution in [2.45, 2.75) is 0 Å². The van der Waals surface area contributed by atoms with Crippen molar-refractivity contribution in [3.63, 3.8) is 0 Å². The van der Waals surface area contributed by atoms with Gasteiger partial charge in [-0.05, 0) is 74.8 Å². The average molecular weight is 539 g/mol. The molecule has 0 bridgehead atoms. The molecule has 1 aliphatic heterocycles. The van der Waals surface area contributed by atoms with E-state index in [1.54, 1.807) is 48.5 Å². The fraction of sp³-hybridized carbons (Fsp3) is 0.222. The van der Waals surface area contributed by atoms with Crippen molar-refractivity contribution < 1.29 is 27.4 Å². The lowest BCUT2D eigenvalue weighted by atomic mass is 10.00. The number of nitrogens with one attached hydrogen (secondary N) is 1. The van der Waals surface area contributed by atoms with E-state index in [1.165, 1.54) is 22.7 Å². The van der Waals surface area contributed by atoms with Crippen LogP contribution in [0.3, 0.4) is 0 Å². The van der Waals surface area contributed by atoms with Crippen LogP contribution >= 0.6 is 0 Å². The number of ether oxygens (including phenoxy) is 2. The van der Waals surface area contributed by atoms with Crippen molar-refractivity contribution in [3.8, 4) is 17.4 Å². The maximum Gasteiger partial charge on any atom is 0.232 e. The number of sulfonamides is 1. The van der Waals surface area contributed by atoms with Crippen molar-refractivity contribution in [2.24, 2.45) is 4.99 Å². The second kappa shape index (κ2) is 9.99. The lowest BCUT2D eigenvalue weighted by molar-refractivity contribution is 0.174. The van der Waals surface area contributed by atoms with E-state index in [0.717, 1.165) is 0 Å². The van der Waals surface area contributed by atoms with Crippen LogP contribution in [0, 0.1) is 5.82 Å². The molecule has 0 aliphatic carbocycles.